The van der Waals surface area contributed by atoms with E-state index in [2.05, 4.69) is 61.5 Å². The van der Waals surface area contributed by atoms with Gasteiger partial charge in [0.05, 0.1) is 18.3 Å². The van der Waals surface area contributed by atoms with Gasteiger partial charge in [0.1, 0.15) is 0 Å². The summed E-state index contributed by atoms with van der Waals surface area (Å²) in [5.41, 5.74) is 1.71. The largest absolute Gasteiger partial charge is 0.393 e. The maximum atomic E-state index is 11.7. The molecular weight excluding hydrogens is 408 g/mol. The van der Waals surface area contributed by atoms with Gasteiger partial charge < -0.3 is 15.3 Å². The zero-order valence-corrected chi connectivity index (χ0v) is 22.5. The highest BCUT2D eigenvalue weighted by Gasteiger charge is 2.69. The SMILES string of the molecule is C[C@H]1[C@H](C)C(O)C[C@]2(C)C(O)C[C@]3(C)C(=CC[C@@H]4[C@@]5(C)CCC(O)C(C)(C)C5CC[C@]43C)[C@H]12. The molecule has 188 valence electrons. The van der Waals surface area contributed by atoms with Gasteiger partial charge in [-0.1, -0.05) is 67.0 Å². The number of allylic oxidation sites excluding steroid dienone is 2. The average molecular weight is 459 g/mol. The van der Waals surface area contributed by atoms with E-state index in [1.807, 2.05) is 0 Å². The van der Waals surface area contributed by atoms with Gasteiger partial charge in [-0.25, -0.2) is 0 Å². The predicted molar refractivity (Wildman–Crippen MR) is 133 cm³/mol. The van der Waals surface area contributed by atoms with Gasteiger partial charge in [-0.05, 0) is 96.2 Å². The fraction of sp³-hybridized carbons (Fsp3) is 0.933. The molecule has 0 aromatic carbocycles. The van der Waals surface area contributed by atoms with Gasteiger partial charge in [0, 0.05) is 5.41 Å². The lowest BCUT2D eigenvalue weighted by Crippen LogP contribution is -2.67. The Labute approximate surface area is 202 Å². The smallest absolute Gasteiger partial charge is 0.0609 e. The molecule has 4 saturated carbocycles. The summed E-state index contributed by atoms with van der Waals surface area (Å²) in [7, 11) is 0. The molecule has 0 saturated heterocycles. The van der Waals surface area contributed by atoms with Crippen LogP contribution in [0, 0.1) is 56.7 Å². The van der Waals surface area contributed by atoms with Gasteiger partial charge >= 0.3 is 0 Å². The Morgan fingerprint density at radius 1 is 0.758 bits per heavy atom. The molecule has 0 heterocycles. The number of hydrogen-bond acceptors (Lipinski definition) is 3. The van der Waals surface area contributed by atoms with Crippen molar-refractivity contribution in [3.8, 4) is 0 Å². The third-order valence-electron chi connectivity index (χ3n) is 13.5. The van der Waals surface area contributed by atoms with Crippen LogP contribution in [0.3, 0.4) is 0 Å². The minimum absolute atomic E-state index is 0.00995. The Bertz CT molecular complexity index is 847. The summed E-state index contributed by atoms with van der Waals surface area (Å²) in [6, 6.07) is 0. The van der Waals surface area contributed by atoms with Crippen LogP contribution in [0.1, 0.15) is 100 Å². The molecule has 3 nitrogen and oxygen atoms in total. The fourth-order valence-electron chi connectivity index (χ4n) is 11.0. The van der Waals surface area contributed by atoms with E-state index in [0.29, 0.717) is 30.1 Å². The predicted octanol–water partition coefficient (Wildman–Crippen LogP) is 5.97. The molecule has 3 N–H and O–H groups in total. The summed E-state index contributed by atoms with van der Waals surface area (Å²) in [5.74, 6) is 2.11. The topological polar surface area (TPSA) is 60.7 Å². The van der Waals surface area contributed by atoms with Crippen molar-refractivity contribution in [1.82, 2.24) is 0 Å². The maximum Gasteiger partial charge on any atom is 0.0609 e. The molecule has 5 aliphatic rings. The van der Waals surface area contributed by atoms with Crippen LogP contribution >= 0.6 is 0 Å². The molecule has 5 aliphatic carbocycles. The van der Waals surface area contributed by atoms with E-state index in [4.69, 9.17) is 0 Å². The van der Waals surface area contributed by atoms with E-state index in [9.17, 15) is 15.3 Å². The van der Waals surface area contributed by atoms with Gasteiger partial charge in [-0.2, -0.15) is 0 Å². The first kappa shape index (κ1) is 24.3. The zero-order chi connectivity index (χ0) is 24.4. The normalized spacial score (nSPS) is 60.0. The molecule has 3 heteroatoms. The molecule has 5 rings (SSSR count). The van der Waals surface area contributed by atoms with Gasteiger partial charge in [0.25, 0.3) is 0 Å². The third kappa shape index (κ3) is 2.80. The molecule has 4 fully saturated rings. The Balaban J connectivity index is 1.61. The van der Waals surface area contributed by atoms with Crippen LogP contribution in [0.15, 0.2) is 11.6 Å². The molecule has 0 aliphatic heterocycles. The quantitative estimate of drug-likeness (QED) is 0.392. The van der Waals surface area contributed by atoms with Crippen LogP contribution < -0.4 is 0 Å². The Hall–Kier alpha value is -0.380. The van der Waals surface area contributed by atoms with Crippen LogP contribution in [0.25, 0.3) is 0 Å². The van der Waals surface area contributed by atoms with Crippen molar-refractivity contribution in [1.29, 1.82) is 0 Å². The summed E-state index contributed by atoms with van der Waals surface area (Å²) < 4.78 is 0. The van der Waals surface area contributed by atoms with Crippen molar-refractivity contribution in [2.75, 3.05) is 0 Å². The van der Waals surface area contributed by atoms with E-state index in [1.165, 1.54) is 12.8 Å². The number of aliphatic hydroxyl groups is 3. The summed E-state index contributed by atoms with van der Waals surface area (Å²) in [6.45, 7) is 19.0. The van der Waals surface area contributed by atoms with Crippen LogP contribution in [0.4, 0.5) is 0 Å². The third-order valence-corrected chi connectivity index (χ3v) is 13.5. The summed E-state index contributed by atoms with van der Waals surface area (Å²) >= 11 is 0. The van der Waals surface area contributed by atoms with Crippen molar-refractivity contribution in [3.05, 3.63) is 11.6 Å². The Morgan fingerprint density at radius 2 is 1.42 bits per heavy atom. The second kappa shape index (κ2) is 7.10. The highest BCUT2D eigenvalue weighted by molar-refractivity contribution is 5.35. The van der Waals surface area contributed by atoms with Crippen LogP contribution in [-0.2, 0) is 0 Å². The fourth-order valence-corrected chi connectivity index (χ4v) is 11.0. The van der Waals surface area contributed by atoms with E-state index in [1.54, 1.807) is 5.57 Å². The van der Waals surface area contributed by atoms with Crippen LogP contribution in [0.2, 0.25) is 0 Å². The van der Waals surface area contributed by atoms with Crippen LogP contribution in [-0.4, -0.2) is 33.6 Å². The minimum Gasteiger partial charge on any atom is -0.393 e. The monoisotopic (exact) mass is 458 g/mol. The van der Waals surface area contributed by atoms with Crippen LogP contribution in [0.5, 0.6) is 0 Å². The Kier molecular flexibility index (Phi) is 5.23. The van der Waals surface area contributed by atoms with Crippen molar-refractivity contribution in [2.24, 2.45) is 56.7 Å². The van der Waals surface area contributed by atoms with Crippen molar-refractivity contribution >= 4 is 0 Å². The van der Waals surface area contributed by atoms with Gasteiger partial charge in [-0.15, -0.1) is 0 Å². The zero-order valence-electron chi connectivity index (χ0n) is 22.5. The summed E-state index contributed by atoms with van der Waals surface area (Å²) in [4.78, 5) is 0. The lowest BCUT2D eigenvalue weighted by Gasteiger charge is -2.72. The average Bonchev–Trinajstić information content (AvgIpc) is 2.71. The lowest BCUT2D eigenvalue weighted by atomic mass is 9.33. The number of fused-ring (bicyclic) bond motifs is 7. The minimum atomic E-state index is -0.375. The molecule has 0 aromatic rings. The van der Waals surface area contributed by atoms with Crippen molar-refractivity contribution in [2.45, 2.75) is 119 Å². The molecule has 0 spiro atoms. The molecule has 4 unspecified atom stereocenters. The first-order chi connectivity index (χ1) is 15.1. The molecule has 0 bridgehead atoms. The molecule has 0 amide bonds. The first-order valence-corrected chi connectivity index (χ1v) is 13.9. The first-order valence-electron chi connectivity index (χ1n) is 13.9. The van der Waals surface area contributed by atoms with E-state index in [-0.39, 0.29) is 51.3 Å². The van der Waals surface area contributed by atoms with E-state index in [0.717, 1.165) is 25.7 Å². The van der Waals surface area contributed by atoms with Gasteiger partial charge in [0.15, 0.2) is 0 Å². The van der Waals surface area contributed by atoms with E-state index >= 15 is 0 Å². The van der Waals surface area contributed by atoms with Crippen molar-refractivity contribution < 1.29 is 15.3 Å². The molecule has 12 atom stereocenters. The lowest BCUT2D eigenvalue weighted by molar-refractivity contribution is -0.219. The summed E-state index contributed by atoms with van der Waals surface area (Å²) in [5, 5.41) is 33.5. The molecular formula is C30H50O3. The Morgan fingerprint density at radius 3 is 2.09 bits per heavy atom. The molecule has 0 aromatic heterocycles. The number of rotatable bonds is 0. The standard InChI is InChI=1S/C30H50O3/c1-17-18(2)25-19-9-10-22-27(5)13-12-23(32)26(3,4)21(27)11-14-29(22,7)30(19,8)16-24(33)28(25,6)15-20(17)31/h9,17-18,20-25,31-33H,10-16H2,1-8H3/t17-,18-,20?,21?,22+,23?,24?,25-,27-,28+,29+,30+/m0/s1. The highest BCUT2D eigenvalue weighted by Crippen LogP contribution is 2.75. The maximum absolute atomic E-state index is 11.7. The molecule has 33 heavy (non-hydrogen) atoms. The number of hydrogen-bond donors (Lipinski definition) is 3. The second-order valence-corrected chi connectivity index (χ2v) is 14.9. The number of aliphatic hydroxyl groups excluding tert-OH is 3. The van der Waals surface area contributed by atoms with Gasteiger partial charge in [-0.3, -0.25) is 0 Å². The highest BCUT2D eigenvalue weighted by atomic mass is 16.3. The summed E-state index contributed by atoms with van der Waals surface area (Å²) in [6.07, 6.45) is 8.78. The van der Waals surface area contributed by atoms with E-state index < -0.39 is 0 Å². The van der Waals surface area contributed by atoms with Gasteiger partial charge in [0.2, 0.25) is 0 Å². The second-order valence-electron chi connectivity index (χ2n) is 14.9. The molecule has 0 radical (unpaired) electrons. The van der Waals surface area contributed by atoms with Crippen molar-refractivity contribution in [3.63, 3.8) is 0 Å².